The first-order valence-corrected chi connectivity index (χ1v) is 4.92. The van der Waals surface area contributed by atoms with Crippen LogP contribution in [0.4, 0.5) is 5.69 Å². The van der Waals surface area contributed by atoms with Crippen LogP contribution in [-0.4, -0.2) is 28.8 Å². The van der Waals surface area contributed by atoms with Crippen LogP contribution >= 0.6 is 0 Å². The van der Waals surface area contributed by atoms with E-state index in [9.17, 15) is 9.59 Å². The van der Waals surface area contributed by atoms with Gasteiger partial charge >= 0.3 is 11.8 Å². The predicted octanol–water partition coefficient (Wildman–Crippen LogP) is 1.16. The van der Waals surface area contributed by atoms with Crippen molar-refractivity contribution in [2.45, 2.75) is 13.8 Å². The SMILES string of the molecule is Cc1cccc([N+]2=CC=NC(=O)C2=O)c1C. The Morgan fingerprint density at radius 1 is 1.19 bits per heavy atom. The molecule has 16 heavy (non-hydrogen) atoms. The van der Waals surface area contributed by atoms with Crippen molar-refractivity contribution in [1.82, 2.24) is 0 Å². The third-order valence-electron chi connectivity index (χ3n) is 2.64. The average molecular weight is 215 g/mol. The monoisotopic (exact) mass is 215 g/mol. The fourth-order valence-electron chi connectivity index (χ4n) is 1.58. The fraction of sp³-hybridized carbons (Fsp3) is 0.167. The smallest absolute Gasteiger partial charge is 0.255 e. The second-order valence-corrected chi connectivity index (χ2v) is 3.63. The number of carbonyl (C=O) groups excluding carboxylic acids is 2. The van der Waals surface area contributed by atoms with Crippen molar-refractivity contribution in [1.29, 1.82) is 0 Å². The maximum absolute atomic E-state index is 11.6. The predicted molar refractivity (Wildman–Crippen MR) is 60.4 cm³/mol. The van der Waals surface area contributed by atoms with E-state index in [0.29, 0.717) is 0 Å². The summed E-state index contributed by atoms with van der Waals surface area (Å²) in [4.78, 5) is 26.2. The van der Waals surface area contributed by atoms with Crippen molar-refractivity contribution in [3.8, 4) is 0 Å². The quantitative estimate of drug-likeness (QED) is 0.521. The van der Waals surface area contributed by atoms with Gasteiger partial charge in [0.15, 0.2) is 6.21 Å². The first-order chi connectivity index (χ1) is 7.61. The molecule has 1 aliphatic heterocycles. The molecule has 1 heterocycles. The van der Waals surface area contributed by atoms with E-state index in [1.165, 1.54) is 17.0 Å². The third kappa shape index (κ3) is 1.58. The molecule has 4 heteroatoms. The van der Waals surface area contributed by atoms with Gasteiger partial charge in [0.25, 0.3) is 0 Å². The number of hydrogen-bond donors (Lipinski definition) is 0. The largest absolute Gasteiger partial charge is 0.485 e. The van der Waals surface area contributed by atoms with Gasteiger partial charge in [-0.2, -0.15) is 0 Å². The maximum Gasteiger partial charge on any atom is 0.485 e. The van der Waals surface area contributed by atoms with Gasteiger partial charge in [0.05, 0.1) is 6.21 Å². The fourth-order valence-corrected chi connectivity index (χ4v) is 1.58. The lowest BCUT2D eigenvalue weighted by Gasteiger charge is -2.05. The Morgan fingerprint density at radius 3 is 2.69 bits per heavy atom. The molecule has 0 radical (unpaired) electrons. The summed E-state index contributed by atoms with van der Waals surface area (Å²) >= 11 is 0. The lowest BCUT2D eigenvalue weighted by Crippen LogP contribution is -2.29. The summed E-state index contributed by atoms with van der Waals surface area (Å²) < 4.78 is 1.33. The van der Waals surface area contributed by atoms with E-state index in [1.54, 1.807) is 0 Å². The number of rotatable bonds is 1. The number of aliphatic imine (C=N–C) groups is 1. The van der Waals surface area contributed by atoms with Crippen molar-refractivity contribution in [2.75, 3.05) is 0 Å². The summed E-state index contributed by atoms with van der Waals surface area (Å²) in [6, 6.07) is 5.63. The van der Waals surface area contributed by atoms with Gasteiger partial charge in [0, 0.05) is 11.6 Å². The number of carbonyl (C=O) groups is 2. The summed E-state index contributed by atoms with van der Waals surface area (Å²) in [5.41, 5.74) is 2.79. The van der Waals surface area contributed by atoms with E-state index in [1.807, 2.05) is 32.0 Å². The zero-order valence-corrected chi connectivity index (χ0v) is 9.10. The molecular formula is C12H11N2O2+. The summed E-state index contributed by atoms with van der Waals surface area (Å²) in [7, 11) is 0. The molecule has 0 atom stereocenters. The van der Waals surface area contributed by atoms with Gasteiger partial charge in [0.1, 0.15) is 0 Å². The van der Waals surface area contributed by atoms with Crippen LogP contribution in [-0.2, 0) is 9.59 Å². The van der Waals surface area contributed by atoms with Crippen LogP contribution < -0.4 is 0 Å². The van der Waals surface area contributed by atoms with Gasteiger partial charge in [0.2, 0.25) is 5.69 Å². The van der Waals surface area contributed by atoms with Crippen LogP contribution in [0.15, 0.2) is 23.2 Å². The molecule has 0 aromatic heterocycles. The molecule has 0 saturated heterocycles. The number of aryl methyl sites for hydroxylation is 1. The molecule has 0 spiro atoms. The summed E-state index contributed by atoms with van der Waals surface area (Å²) in [6.07, 6.45) is 2.84. The molecule has 1 aromatic carbocycles. The van der Waals surface area contributed by atoms with E-state index in [0.717, 1.165) is 16.8 Å². The van der Waals surface area contributed by atoms with Crippen molar-refractivity contribution in [3.05, 3.63) is 29.3 Å². The molecule has 0 saturated carbocycles. The van der Waals surface area contributed by atoms with Gasteiger partial charge in [-0.1, -0.05) is 12.1 Å². The Labute approximate surface area is 92.9 Å². The molecule has 0 bridgehead atoms. The van der Waals surface area contributed by atoms with Gasteiger partial charge in [-0.05, 0) is 19.4 Å². The number of benzene rings is 1. The normalized spacial score (nSPS) is 15.2. The summed E-state index contributed by atoms with van der Waals surface area (Å²) in [5, 5.41) is 0. The standard InChI is InChI=1S/C12H11N2O2/c1-8-4-3-5-10(9(8)2)14-7-6-13-11(15)12(14)16/h3-7H,1-2H3/q+1. The first kappa shape index (κ1) is 10.4. The summed E-state index contributed by atoms with van der Waals surface area (Å²) in [5.74, 6) is -1.35. The molecule has 0 unspecified atom stereocenters. The minimum Gasteiger partial charge on any atom is -0.255 e. The maximum atomic E-state index is 11.6. The molecule has 2 rings (SSSR count). The minimum atomic E-state index is -0.733. The van der Waals surface area contributed by atoms with E-state index >= 15 is 0 Å². The highest BCUT2D eigenvalue weighted by molar-refractivity contribution is 6.39. The molecule has 1 aromatic rings. The highest BCUT2D eigenvalue weighted by atomic mass is 16.2. The first-order valence-electron chi connectivity index (χ1n) is 4.92. The molecule has 0 N–H and O–H groups in total. The average Bonchev–Trinajstić information content (AvgIpc) is 2.27. The van der Waals surface area contributed by atoms with Crippen molar-refractivity contribution in [2.24, 2.45) is 4.99 Å². The molecule has 2 amide bonds. The molecule has 4 nitrogen and oxygen atoms in total. The second-order valence-electron chi connectivity index (χ2n) is 3.63. The molecule has 0 fully saturated rings. The molecular weight excluding hydrogens is 204 g/mol. The summed E-state index contributed by atoms with van der Waals surface area (Å²) in [6.45, 7) is 3.88. The molecule has 0 aliphatic carbocycles. The zero-order valence-electron chi connectivity index (χ0n) is 9.10. The van der Waals surface area contributed by atoms with Gasteiger partial charge in [-0.3, -0.25) is 4.79 Å². The van der Waals surface area contributed by atoms with E-state index in [-0.39, 0.29) is 0 Å². The lowest BCUT2D eigenvalue weighted by atomic mass is 10.1. The topological polar surface area (TPSA) is 49.5 Å². The Morgan fingerprint density at radius 2 is 1.94 bits per heavy atom. The van der Waals surface area contributed by atoms with Crippen molar-refractivity contribution >= 4 is 29.9 Å². The van der Waals surface area contributed by atoms with Crippen LogP contribution in [0.1, 0.15) is 11.1 Å². The van der Waals surface area contributed by atoms with E-state index in [4.69, 9.17) is 0 Å². The van der Waals surface area contributed by atoms with Crippen molar-refractivity contribution in [3.63, 3.8) is 0 Å². The van der Waals surface area contributed by atoms with Gasteiger partial charge in [-0.15, -0.1) is 4.58 Å². The second kappa shape index (κ2) is 3.81. The highest BCUT2D eigenvalue weighted by Gasteiger charge is 2.31. The van der Waals surface area contributed by atoms with Crippen LogP contribution in [0.25, 0.3) is 0 Å². The number of nitrogens with zero attached hydrogens (tertiary/aromatic N) is 2. The Bertz CT molecular complexity index is 542. The Kier molecular flexibility index (Phi) is 2.48. The lowest BCUT2D eigenvalue weighted by molar-refractivity contribution is -0.356. The molecule has 1 aliphatic rings. The van der Waals surface area contributed by atoms with E-state index in [2.05, 4.69) is 4.99 Å². The number of hydrogen-bond acceptors (Lipinski definition) is 2. The third-order valence-corrected chi connectivity index (χ3v) is 2.64. The molecule has 80 valence electrons. The number of amides is 2. The van der Waals surface area contributed by atoms with Gasteiger partial charge < -0.3 is 0 Å². The highest BCUT2D eigenvalue weighted by Crippen LogP contribution is 2.21. The van der Waals surface area contributed by atoms with Crippen LogP contribution in [0.3, 0.4) is 0 Å². The van der Waals surface area contributed by atoms with Crippen LogP contribution in [0.2, 0.25) is 0 Å². The van der Waals surface area contributed by atoms with Crippen LogP contribution in [0.5, 0.6) is 0 Å². The van der Waals surface area contributed by atoms with E-state index < -0.39 is 11.8 Å². The zero-order chi connectivity index (χ0) is 11.7. The Balaban J connectivity index is 2.57. The Hall–Kier alpha value is -2.10. The van der Waals surface area contributed by atoms with Crippen LogP contribution in [0, 0.1) is 13.8 Å². The van der Waals surface area contributed by atoms with Crippen molar-refractivity contribution < 1.29 is 14.2 Å². The minimum absolute atomic E-state index is 0.615. The van der Waals surface area contributed by atoms with Gasteiger partial charge in [-0.25, -0.2) is 9.79 Å².